The molecule has 1 heterocycles. The number of carbonyl (C=O) groups is 2. The second-order valence-corrected chi connectivity index (χ2v) is 11.3. The largest absolute Gasteiger partial charge is 0.474 e. The van der Waals surface area contributed by atoms with Crippen molar-refractivity contribution in [1.82, 2.24) is 15.2 Å². The molecular formula is C28H35ClFN4O8P. The molecule has 3 rings (SSSR count). The number of anilines is 1. The second-order valence-electron chi connectivity index (χ2n) is 9.24. The van der Waals surface area contributed by atoms with Crippen LogP contribution in [-0.2, 0) is 29.4 Å². The van der Waals surface area contributed by atoms with Crippen LogP contribution >= 0.6 is 19.4 Å². The lowest BCUT2D eigenvalue weighted by Crippen LogP contribution is -2.47. The fourth-order valence-electron chi connectivity index (χ4n) is 3.94. The molecule has 0 saturated carbocycles. The number of pyridine rings is 1. The monoisotopic (exact) mass is 640 g/mol. The summed E-state index contributed by atoms with van der Waals surface area (Å²) in [5, 5.41) is 17.5. The Hall–Kier alpha value is -3.32. The van der Waals surface area contributed by atoms with Crippen molar-refractivity contribution in [3.05, 3.63) is 71.1 Å². The van der Waals surface area contributed by atoms with E-state index < -0.39 is 44.5 Å². The molecule has 12 nitrogen and oxygen atoms in total. The normalized spacial score (nSPS) is 12.9. The SMILES string of the molecule is CCOP(=O)(OCC)OC[C@H](O)C[C@H](COC(=O)Nc1cc2ccccc2cn1)N(C)C(=O)NCc1cccc(F)c1Cl. The summed E-state index contributed by atoms with van der Waals surface area (Å²) < 4.78 is 47.2. The van der Waals surface area contributed by atoms with Gasteiger partial charge in [-0.25, -0.2) is 23.5 Å². The highest BCUT2D eigenvalue weighted by atomic mass is 35.5. The molecule has 1 aromatic heterocycles. The van der Waals surface area contributed by atoms with E-state index in [1.807, 2.05) is 24.3 Å². The molecule has 0 aliphatic rings. The summed E-state index contributed by atoms with van der Waals surface area (Å²) in [6.07, 6.45) is -0.641. The van der Waals surface area contributed by atoms with Gasteiger partial charge in [0.15, 0.2) is 0 Å². The van der Waals surface area contributed by atoms with Crippen molar-refractivity contribution in [1.29, 1.82) is 0 Å². The van der Waals surface area contributed by atoms with Crippen LogP contribution < -0.4 is 10.6 Å². The number of hydrogen-bond acceptors (Lipinski definition) is 9. The molecule has 3 amide bonds. The quantitative estimate of drug-likeness (QED) is 0.177. The number of aromatic nitrogens is 1. The number of urea groups is 1. The highest BCUT2D eigenvalue weighted by molar-refractivity contribution is 7.48. The van der Waals surface area contributed by atoms with Gasteiger partial charge in [0.25, 0.3) is 0 Å². The minimum absolute atomic E-state index is 0.0588. The average Bonchev–Trinajstić information content (AvgIpc) is 2.98. The van der Waals surface area contributed by atoms with Crippen LogP contribution in [0, 0.1) is 5.82 Å². The van der Waals surface area contributed by atoms with Crippen molar-refractivity contribution >= 4 is 48.1 Å². The lowest BCUT2D eigenvalue weighted by molar-refractivity contribution is 0.0353. The molecule has 2 aromatic carbocycles. The van der Waals surface area contributed by atoms with Gasteiger partial charge in [0, 0.05) is 25.2 Å². The standard InChI is InChI=1S/C28H35ClFN4O8P/c1-4-40-43(38,41-5-2)42-18-23(35)14-22(34(3)27(36)32-16-21-11-8-12-24(30)26(21)29)17-39-28(37)33-25-13-19-9-6-7-10-20(19)15-31-25/h6-13,15,22-23,35H,4-5,14,16-18H2,1-3H3,(H,32,36)(H,31,33,37)/t22-,23-/m1/s1. The Morgan fingerprint density at radius 2 is 1.77 bits per heavy atom. The van der Waals surface area contributed by atoms with Crippen molar-refractivity contribution in [2.75, 3.05) is 38.8 Å². The third-order valence-electron chi connectivity index (χ3n) is 6.14. The van der Waals surface area contributed by atoms with E-state index in [0.717, 1.165) is 10.8 Å². The molecule has 3 N–H and O–H groups in total. The highest BCUT2D eigenvalue weighted by Crippen LogP contribution is 2.49. The zero-order valence-electron chi connectivity index (χ0n) is 24.0. The minimum Gasteiger partial charge on any atom is -0.447 e. The van der Waals surface area contributed by atoms with Crippen LogP contribution in [0.3, 0.4) is 0 Å². The number of phosphoric ester groups is 1. The number of nitrogens with one attached hydrogen (secondary N) is 2. The van der Waals surface area contributed by atoms with E-state index in [2.05, 4.69) is 15.6 Å². The molecule has 43 heavy (non-hydrogen) atoms. The molecule has 0 aliphatic carbocycles. The first-order valence-electron chi connectivity index (χ1n) is 13.5. The van der Waals surface area contributed by atoms with E-state index in [1.165, 1.54) is 24.1 Å². The molecule has 0 unspecified atom stereocenters. The van der Waals surface area contributed by atoms with E-state index >= 15 is 0 Å². The Balaban J connectivity index is 1.66. The average molecular weight is 641 g/mol. The number of aliphatic hydroxyl groups is 1. The summed E-state index contributed by atoms with van der Waals surface area (Å²) in [4.78, 5) is 31.0. The number of fused-ring (bicyclic) bond motifs is 1. The second kappa shape index (κ2) is 16.5. The smallest absolute Gasteiger partial charge is 0.447 e. The number of ether oxygens (including phenoxy) is 1. The number of likely N-dealkylation sites (N-methyl/N-ethyl adjacent to an activating group) is 1. The number of nitrogens with zero attached hydrogens (tertiary/aromatic N) is 2. The molecule has 0 radical (unpaired) electrons. The summed E-state index contributed by atoms with van der Waals surface area (Å²) in [6, 6.07) is 11.9. The molecule has 2 atom stereocenters. The van der Waals surface area contributed by atoms with E-state index in [9.17, 15) is 23.7 Å². The molecule has 0 aliphatic heterocycles. The van der Waals surface area contributed by atoms with Gasteiger partial charge in [0.1, 0.15) is 18.2 Å². The molecule has 0 fully saturated rings. The van der Waals surface area contributed by atoms with Crippen LogP contribution in [0.2, 0.25) is 5.02 Å². The Morgan fingerprint density at radius 1 is 1.07 bits per heavy atom. The lowest BCUT2D eigenvalue weighted by atomic mass is 10.1. The molecule has 234 valence electrons. The fourth-order valence-corrected chi connectivity index (χ4v) is 5.34. The molecule has 0 saturated heterocycles. The van der Waals surface area contributed by atoms with Crippen LogP contribution in [0.4, 0.5) is 19.8 Å². The fraction of sp³-hybridized carbons (Fsp3) is 0.393. The van der Waals surface area contributed by atoms with Gasteiger partial charge in [-0.1, -0.05) is 48.0 Å². The van der Waals surface area contributed by atoms with Crippen molar-refractivity contribution in [3.63, 3.8) is 0 Å². The van der Waals surface area contributed by atoms with Crippen LogP contribution in [0.15, 0.2) is 54.7 Å². The summed E-state index contributed by atoms with van der Waals surface area (Å²) in [7, 11) is -2.47. The predicted octanol–water partition coefficient (Wildman–Crippen LogP) is 5.73. The summed E-state index contributed by atoms with van der Waals surface area (Å²) in [5.74, 6) is -0.367. The number of phosphoric acid groups is 1. The Labute approximate surface area is 254 Å². The third-order valence-corrected chi connectivity index (χ3v) is 8.18. The Morgan fingerprint density at radius 3 is 2.47 bits per heavy atom. The van der Waals surface area contributed by atoms with Gasteiger partial charge in [0.2, 0.25) is 0 Å². The first-order valence-corrected chi connectivity index (χ1v) is 15.3. The maximum Gasteiger partial charge on any atom is 0.474 e. The maximum absolute atomic E-state index is 13.8. The third kappa shape index (κ3) is 10.4. The Bertz CT molecular complexity index is 1420. The summed E-state index contributed by atoms with van der Waals surface area (Å²) >= 11 is 5.99. The van der Waals surface area contributed by atoms with Gasteiger partial charge in [-0.2, -0.15) is 0 Å². The zero-order valence-corrected chi connectivity index (χ0v) is 25.6. The van der Waals surface area contributed by atoms with Gasteiger partial charge in [-0.15, -0.1) is 0 Å². The molecule has 3 aromatic rings. The van der Waals surface area contributed by atoms with Crippen molar-refractivity contribution < 1.29 is 42.0 Å². The van der Waals surface area contributed by atoms with E-state index in [1.54, 1.807) is 32.2 Å². The van der Waals surface area contributed by atoms with Gasteiger partial charge in [-0.05, 0) is 43.4 Å². The zero-order chi connectivity index (χ0) is 31.4. The molecular weight excluding hydrogens is 606 g/mol. The minimum atomic E-state index is -3.90. The Kier molecular flexibility index (Phi) is 13.1. The number of aliphatic hydroxyl groups excluding tert-OH is 1. The molecule has 15 heteroatoms. The van der Waals surface area contributed by atoms with Crippen LogP contribution in [0.25, 0.3) is 10.8 Å². The van der Waals surface area contributed by atoms with Gasteiger partial charge in [0.05, 0.1) is 37.0 Å². The van der Waals surface area contributed by atoms with E-state index in [0.29, 0.717) is 5.56 Å². The number of rotatable bonds is 15. The summed E-state index contributed by atoms with van der Waals surface area (Å²) in [6.45, 7) is 2.47. The number of amides is 3. The first-order chi connectivity index (χ1) is 20.5. The highest BCUT2D eigenvalue weighted by Gasteiger charge is 2.29. The number of carbonyl (C=O) groups excluding carboxylic acids is 2. The molecule has 0 bridgehead atoms. The van der Waals surface area contributed by atoms with Crippen molar-refractivity contribution in [2.24, 2.45) is 0 Å². The van der Waals surface area contributed by atoms with Gasteiger partial charge >= 0.3 is 19.9 Å². The first kappa shape index (κ1) is 34.2. The van der Waals surface area contributed by atoms with E-state index in [4.69, 9.17) is 29.9 Å². The number of hydrogen-bond donors (Lipinski definition) is 3. The van der Waals surface area contributed by atoms with Crippen LogP contribution in [0.1, 0.15) is 25.8 Å². The van der Waals surface area contributed by atoms with E-state index in [-0.39, 0.29) is 43.6 Å². The number of benzene rings is 2. The van der Waals surface area contributed by atoms with Crippen LogP contribution in [-0.4, -0.2) is 72.7 Å². The van der Waals surface area contributed by atoms with Crippen LogP contribution in [0.5, 0.6) is 0 Å². The topological polar surface area (TPSA) is 149 Å². The van der Waals surface area contributed by atoms with Gasteiger partial charge < -0.3 is 20.1 Å². The van der Waals surface area contributed by atoms with Crippen molar-refractivity contribution in [3.8, 4) is 0 Å². The summed E-state index contributed by atoms with van der Waals surface area (Å²) in [5.41, 5.74) is 0.356. The lowest BCUT2D eigenvalue weighted by Gasteiger charge is -2.30. The van der Waals surface area contributed by atoms with Gasteiger partial charge in [-0.3, -0.25) is 18.9 Å². The maximum atomic E-state index is 13.8. The molecule has 0 spiro atoms. The van der Waals surface area contributed by atoms with Crippen molar-refractivity contribution in [2.45, 2.75) is 39.0 Å². The predicted molar refractivity (Wildman–Crippen MR) is 159 cm³/mol. The number of halogens is 2.